The molecule has 0 aromatic carbocycles. The molecule has 0 saturated carbocycles. The Morgan fingerprint density at radius 1 is 0.897 bits per heavy atom. The molecule has 0 fully saturated rings. The third kappa shape index (κ3) is 13.0. The summed E-state index contributed by atoms with van der Waals surface area (Å²) >= 11 is 0. The summed E-state index contributed by atoms with van der Waals surface area (Å²) in [5.74, 6) is -4.40. The van der Waals surface area contributed by atoms with Gasteiger partial charge in [0, 0.05) is 25.1 Å². The highest BCUT2D eigenvalue weighted by molar-refractivity contribution is 5.92. The van der Waals surface area contributed by atoms with Crippen molar-refractivity contribution in [2.24, 2.45) is 0 Å². The van der Waals surface area contributed by atoms with E-state index in [9.17, 15) is 29.1 Å². The number of hydrogen-bond acceptors (Lipinski definition) is 6. The molecule has 0 aromatic heterocycles. The van der Waals surface area contributed by atoms with E-state index in [2.05, 4.69) is 17.2 Å². The number of hydrogen-bond donors (Lipinski definition) is 5. The molecule has 11 heteroatoms. The Morgan fingerprint density at radius 2 is 1.45 bits per heavy atom. The fourth-order valence-electron chi connectivity index (χ4n) is 2.47. The van der Waals surface area contributed by atoms with Gasteiger partial charge in [-0.15, -0.1) is 0 Å². The van der Waals surface area contributed by atoms with Crippen molar-refractivity contribution in [1.29, 1.82) is 0 Å². The van der Waals surface area contributed by atoms with Gasteiger partial charge in [-0.05, 0) is 32.6 Å². The second kappa shape index (κ2) is 14.1. The number of aliphatic carboxylic acids is 3. The van der Waals surface area contributed by atoms with E-state index < -0.39 is 37.0 Å². The average molecular weight is 415 g/mol. The van der Waals surface area contributed by atoms with E-state index in [1.54, 1.807) is 6.92 Å². The van der Waals surface area contributed by atoms with Crippen LogP contribution in [0.1, 0.15) is 39.0 Å². The quantitative estimate of drug-likeness (QED) is 0.167. The molecular formula is C18H29N3O8. The SMILES string of the molecule is C=C(C)C(=O)NCCCC(=O)NCCCCC(C(=O)O)N(CC(=O)O)CC(=O)O. The van der Waals surface area contributed by atoms with Gasteiger partial charge in [0.05, 0.1) is 13.1 Å². The zero-order valence-corrected chi connectivity index (χ0v) is 16.5. The van der Waals surface area contributed by atoms with Crippen LogP contribution in [0.15, 0.2) is 12.2 Å². The van der Waals surface area contributed by atoms with Gasteiger partial charge < -0.3 is 26.0 Å². The second-order valence-electron chi connectivity index (χ2n) is 6.53. The van der Waals surface area contributed by atoms with Crippen molar-refractivity contribution in [3.05, 3.63) is 12.2 Å². The van der Waals surface area contributed by atoms with E-state index in [-0.39, 0.29) is 24.7 Å². The summed E-state index contributed by atoms with van der Waals surface area (Å²) in [7, 11) is 0. The number of rotatable bonds is 16. The monoisotopic (exact) mass is 415 g/mol. The van der Waals surface area contributed by atoms with Crippen LogP contribution in [0.5, 0.6) is 0 Å². The van der Waals surface area contributed by atoms with Crippen LogP contribution in [0, 0.1) is 0 Å². The maximum absolute atomic E-state index is 11.7. The lowest BCUT2D eigenvalue weighted by molar-refractivity contribution is -0.149. The van der Waals surface area contributed by atoms with Crippen LogP contribution in [0.4, 0.5) is 0 Å². The topological polar surface area (TPSA) is 173 Å². The zero-order chi connectivity index (χ0) is 22.4. The molecule has 0 heterocycles. The lowest BCUT2D eigenvalue weighted by Crippen LogP contribution is -2.46. The molecule has 29 heavy (non-hydrogen) atoms. The molecule has 164 valence electrons. The predicted octanol–water partition coefficient (Wildman–Crippen LogP) is -0.330. The maximum atomic E-state index is 11.7. The molecule has 0 aliphatic heterocycles. The van der Waals surface area contributed by atoms with Gasteiger partial charge in [-0.1, -0.05) is 6.58 Å². The van der Waals surface area contributed by atoms with Crippen LogP contribution in [0.25, 0.3) is 0 Å². The normalized spacial score (nSPS) is 11.5. The summed E-state index contributed by atoms with van der Waals surface area (Å²) in [5.41, 5.74) is 0.388. The van der Waals surface area contributed by atoms with Crippen molar-refractivity contribution >= 4 is 29.7 Å². The molecule has 1 unspecified atom stereocenters. The maximum Gasteiger partial charge on any atom is 0.320 e. The van der Waals surface area contributed by atoms with Crippen molar-refractivity contribution < 1.29 is 39.3 Å². The van der Waals surface area contributed by atoms with Gasteiger partial charge in [-0.3, -0.25) is 28.9 Å². The minimum atomic E-state index is -1.32. The highest BCUT2D eigenvalue weighted by Crippen LogP contribution is 2.09. The van der Waals surface area contributed by atoms with Crippen molar-refractivity contribution in [2.45, 2.75) is 45.1 Å². The summed E-state index contributed by atoms with van der Waals surface area (Å²) < 4.78 is 0. The molecule has 0 aliphatic carbocycles. The lowest BCUT2D eigenvalue weighted by Gasteiger charge is -2.25. The van der Waals surface area contributed by atoms with Crippen molar-refractivity contribution in [3.63, 3.8) is 0 Å². The molecule has 0 aliphatic rings. The Labute approximate surface area is 168 Å². The Kier molecular flexibility index (Phi) is 12.7. The van der Waals surface area contributed by atoms with Crippen molar-refractivity contribution in [1.82, 2.24) is 15.5 Å². The largest absolute Gasteiger partial charge is 0.480 e. The van der Waals surface area contributed by atoms with Gasteiger partial charge in [0.2, 0.25) is 11.8 Å². The number of amides is 2. The van der Waals surface area contributed by atoms with Crippen molar-refractivity contribution in [2.75, 3.05) is 26.2 Å². The zero-order valence-electron chi connectivity index (χ0n) is 16.5. The molecule has 0 spiro atoms. The van der Waals surface area contributed by atoms with Gasteiger partial charge in [-0.25, -0.2) is 0 Å². The third-order valence-corrected chi connectivity index (χ3v) is 3.88. The summed E-state index contributed by atoms with van der Waals surface area (Å²) in [6.07, 6.45) is 1.56. The fraction of sp³-hybridized carbons (Fsp3) is 0.611. The summed E-state index contributed by atoms with van der Waals surface area (Å²) in [4.78, 5) is 56.9. The average Bonchev–Trinajstić information content (AvgIpc) is 2.59. The second-order valence-corrected chi connectivity index (χ2v) is 6.53. The molecule has 5 N–H and O–H groups in total. The first-order valence-electron chi connectivity index (χ1n) is 9.15. The number of carboxylic acid groups (broad SMARTS) is 3. The smallest absolute Gasteiger partial charge is 0.320 e. The molecule has 2 amide bonds. The summed E-state index contributed by atoms with van der Waals surface area (Å²) in [5, 5.41) is 32.2. The van der Waals surface area contributed by atoms with Crippen LogP contribution in [0.2, 0.25) is 0 Å². The Balaban J connectivity index is 4.20. The number of unbranched alkanes of at least 4 members (excludes halogenated alkanes) is 1. The number of nitrogens with zero attached hydrogens (tertiary/aromatic N) is 1. The van der Waals surface area contributed by atoms with Gasteiger partial charge in [0.25, 0.3) is 0 Å². The van der Waals surface area contributed by atoms with Gasteiger partial charge in [0.15, 0.2) is 0 Å². The standard InChI is InChI=1S/C18H29N3O8/c1-12(2)17(27)20-9-5-7-14(22)19-8-4-3-6-13(18(28)29)21(10-15(23)24)11-16(25)26/h13H,1,3-11H2,2H3,(H,19,22)(H,20,27)(H,23,24)(H,25,26)(H,28,29). The van der Waals surface area contributed by atoms with Crippen LogP contribution < -0.4 is 10.6 Å². The first kappa shape index (κ1) is 26.1. The predicted molar refractivity (Wildman–Crippen MR) is 102 cm³/mol. The summed E-state index contributed by atoms with van der Waals surface area (Å²) in [6, 6.07) is -1.24. The van der Waals surface area contributed by atoms with E-state index in [0.29, 0.717) is 37.9 Å². The lowest BCUT2D eigenvalue weighted by atomic mass is 10.1. The number of nitrogens with one attached hydrogen (secondary N) is 2. The van der Waals surface area contributed by atoms with Crippen LogP contribution >= 0.6 is 0 Å². The molecule has 0 saturated heterocycles. The summed E-state index contributed by atoms with van der Waals surface area (Å²) in [6.45, 7) is 4.35. The van der Waals surface area contributed by atoms with Crippen molar-refractivity contribution in [3.8, 4) is 0 Å². The Bertz CT molecular complexity index is 604. The molecule has 0 bridgehead atoms. The molecular weight excluding hydrogens is 386 g/mol. The van der Waals surface area contributed by atoms with Crippen LogP contribution in [-0.2, 0) is 24.0 Å². The minimum absolute atomic E-state index is 0.0543. The van der Waals surface area contributed by atoms with E-state index in [0.717, 1.165) is 4.90 Å². The Morgan fingerprint density at radius 3 is 1.93 bits per heavy atom. The minimum Gasteiger partial charge on any atom is -0.480 e. The molecule has 0 rings (SSSR count). The Hall–Kier alpha value is -2.95. The fourth-order valence-corrected chi connectivity index (χ4v) is 2.47. The van der Waals surface area contributed by atoms with E-state index in [4.69, 9.17) is 10.2 Å². The highest BCUT2D eigenvalue weighted by Gasteiger charge is 2.28. The first-order valence-corrected chi connectivity index (χ1v) is 9.15. The van der Waals surface area contributed by atoms with Gasteiger partial charge in [0.1, 0.15) is 6.04 Å². The molecule has 11 nitrogen and oxygen atoms in total. The molecule has 0 radical (unpaired) electrons. The van der Waals surface area contributed by atoms with Crippen LogP contribution in [0.3, 0.4) is 0 Å². The van der Waals surface area contributed by atoms with E-state index in [1.807, 2.05) is 0 Å². The number of carbonyl (C=O) groups is 5. The van der Waals surface area contributed by atoms with E-state index >= 15 is 0 Å². The van der Waals surface area contributed by atoms with Crippen LogP contribution in [-0.4, -0.2) is 82.2 Å². The number of carbonyl (C=O) groups excluding carboxylic acids is 2. The highest BCUT2D eigenvalue weighted by atomic mass is 16.4. The number of carboxylic acids is 3. The van der Waals surface area contributed by atoms with E-state index in [1.165, 1.54) is 0 Å². The molecule has 1 atom stereocenters. The third-order valence-electron chi connectivity index (χ3n) is 3.88. The first-order chi connectivity index (χ1) is 13.5. The van der Waals surface area contributed by atoms with Gasteiger partial charge >= 0.3 is 17.9 Å². The van der Waals surface area contributed by atoms with Gasteiger partial charge in [-0.2, -0.15) is 0 Å². The molecule has 0 aromatic rings.